The van der Waals surface area contributed by atoms with Crippen LogP contribution in [-0.2, 0) is 9.59 Å². The van der Waals surface area contributed by atoms with Gasteiger partial charge in [-0.15, -0.1) is 0 Å². The lowest BCUT2D eigenvalue weighted by Gasteiger charge is -2.29. The van der Waals surface area contributed by atoms with Crippen LogP contribution in [0.4, 0.5) is 5.69 Å². The fraction of sp³-hybridized carbons (Fsp3) is 0.0400. The van der Waals surface area contributed by atoms with E-state index in [0.29, 0.717) is 22.0 Å². The lowest BCUT2D eigenvalue weighted by Crippen LogP contribution is -2.54. The molecular weight excluding hydrogens is 511 g/mol. The predicted octanol–water partition coefficient (Wildman–Crippen LogP) is 5.05. The summed E-state index contributed by atoms with van der Waals surface area (Å²) in [6, 6.07) is 17.4. The quantitative estimate of drug-likeness (QED) is 0.164. The highest BCUT2D eigenvalue weighted by molar-refractivity contribution is 7.80. The molecule has 0 aliphatic carbocycles. The number of anilines is 1. The highest BCUT2D eigenvalue weighted by Gasteiger charge is 2.34. The molecule has 1 aliphatic rings. The van der Waals surface area contributed by atoms with E-state index in [9.17, 15) is 14.4 Å². The van der Waals surface area contributed by atoms with Crippen molar-refractivity contribution in [1.82, 2.24) is 5.32 Å². The molecule has 1 N–H and O–H groups in total. The zero-order valence-electron chi connectivity index (χ0n) is 18.1. The number of thiocarbonyl (C=S) groups is 1. The first-order valence-electron chi connectivity index (χ1n) is 10.1. The van der Waals surface area contributed by atoms with Crippen molar-refractivity contribution in [1.29, 1.82) is 0 Å². The van der Waals surface area contributed by atoms with Gasteiger partial charge in [0.15, 0.2) is 5.11 Å². The Balaban J connectivity index is 1.53. The Labute approximate surface area is 215 Å². The Kier molecular flexibility index (Phi) is 7.16. The normalized spacial score (nSPS) is 14.7. The van der Waals surface area contributed by atoms with Gasteiger partial charge in [-0.05, 0) is 78.5 Å². The van der Waals surface area contributed by atoms with Gasteiger partial charge < -0.3 is 9.47 Å². The Hall–Kier alpha value is -3.72. The summed E-state index contributed by atoms with van der Waals surface area (Å²) in [7, 11) is 1.53. The zero-order chi connectivity index (χ0) is 25.1. The van der Waals surface area contributed by atoms with E-state index in [1.54, 1.807) is 36.4 Å². The van der Waals surface area contributed by atoms with E-state index in [0.717, 1.165) is 0 Å². The molecule has 1 saturated heterocycles. The molecule has 0 unspecified atom stereocenters. The van der Waals surface area contributed by atoms with Crippen LogP contribution in [0.15, 0.2) is 72.3 Å². The number of benzene rings is 3. The summed E-state index contributed by atoms with van der Waals surface area (Å²) in [5, 5.41) is 3.08. The smallest absolute Gasteiger partial charge is 0.345 e. The minimum Gasteiger partial charge on any atom is -0.497 e. The van der Waals surface area contributed by atoms with Gasteiger partial charge in [0.05, 0.1) is 23.4 Å². The van der Waals surface area contributed by atoms with Crippen LogP contribution in [0.25, 0.3) is 6.08 Å². The lowest BCUT2D eigenvalue weighted by atomic mass is 10.1. The van der Waals surface area contributed by atoms with Crippen LogP contribution in [0.1, 0.15) is 15.9 Å². The number of amides is 2. The number of hydrogen-bond donors (Lipinski definition) is 1. The van der Waals surface area contributed by atoms with E-state index < -0.39 is 17.8 Å². The summed E-state index contributed by atoms with van der Waals surface area (Å²) in [6.07, 6.45) is 1.43. The van der Waals surface area contributed by atoms with Gasteiger partial charge in [-0.2, -0.15) is 0 Å². The molecule has 3 aromatic rings. The van der Waals surface area contributed by atoms with Crippen molar-refractivity contribution in [3.8, 4) is 11.5 Å². The molecule has 35 heavy (non-hydrogen) atoms. The Morgan fingerprint density at radius 1 is 0.971 bits per heavy atom. The number of carbonyl (C=O) groups excluding carboxylic acids is 3. The van der Waals surface area contributed by atoms with Gasteiger partial charge in [0, 0.05) is 5.02 Å². The largest absolute Gasteiger partial charge is 0.497 e. The summed E-state index contributed by atoms with van der Waals surface area (Å²) in [4.78, 5) is 39.2. The first-order chi connectivity index (χ1) is 16.8. The number of esters is 1. The van der Waals surface area contributed by atoms with E-state index >= 15 is 0 Å². The van der Waals surface area contributed by atoms with E-state index in [2.05, 4.69) is 5.32 Å². The van der Waals surface area contributed by atoms with Gasteiger partial charge in [-0.1, -0.05) is 35.3 Å². The van der Waals surface area contributed by atoms with E-state index in [1.165, 1.54) is 48.4 Å². The molecule has 0 bridgehead atoms. The third-order valence-corrected chi connectivity index (χ3v) is 5.82. The van der Waals surface area contributed by atoms with Crippen molar-refractivity contribution in [2.45, 2.75) is 0 Å². The van der Waals surface area contributed by atoms with Gasteiger partial charge in [0.2, 0.25) is 0 Å². The van der Waals surface area contributed by atoms with Gasteiger partial charge >= 0.3 is 5.97 Å². The zero-order valence-corrected chi connectivity index (χ0v) is 20.4. The van der Waals surface area contributed by atoms with Crippen LogP contribution in [0.5, 0.6) is 11.5 Å². The molecule has 0 radical (unpaired) electrons. The topological polar surface area (TPSA) is 84.9 Å². The van der Waals surface area contributed by atoms with E-state index in [-0.39, 0.29) is 27.0 Å². The Morgan fingerprint density at radius 3 is 2.26 bits per heavy atom. The van der Waals surface area contributed by atoms with Gasteiger partial charge in [-0.25, -0.2) is 4.79 Å². The highest BCUT2D eigenvalue weighted by atomic mass is 35.5. The van der Waals surface area contributed by atoms with Crippen molar-refractivity contribution in [2.24, 2.45) is 0 Å². The maximum absolute atomic E-state index is 13.1. The summed E-state index contributed by atoms with van der Waals surface area (Å²) < 4.78 is 10.5. The maximum Gasteiger partial charge on any atom is 0.345 e. The van der Waals surface area contributed by atoms with E-state index in [4.69, 9.17) is 44.9 Å². The Bertz CT molecular complexity index is 1370. The van der Waals surface area contributed by atoms with Crippen LogP contribution in [0.2, 0.25) is 10.0 Å². The summed E-state index contributed by atoms with van der Waals surface area (Å²) >= 11 is 17.1. The third kappa shape index (κ3) is 5.35. The van der Waals surface area contributed by atoms with Gasteiger partial charge in [0.25, 0.3) is 11.8 Å². The average molecular weight is 527 g/mol. The molecule has 4 rings (SSSR count). The van der Waals surface area contributed by atoms with Crippen LogP contribution in [-0.4, -0.2) is 30.0 Å². The molecule has 1 aliphatic heterocycles. The number of ether oxygens (including phenoxy) is 2. The van der Waals surface area contributed by atoms with Gasteiger partial charge in [0.1, 0.15) is 17.1 Å². The van der Waals surface area contributed by atoms with Crippen molar-refractivity contribution in [3.63, 3.8) is 0 Å². The van der Waals surface area contributed by atoms with Crippen molar-refractivity contribution in [2.75, 3.05) is 12.0 Å². The molecule has 0 saturated carbocycles. The molecule has 0 atom stereocenters. The molecule has 176 valence electrons. The summed E-state index contributed by atoms with van der Waals surface area (Å²) in [6.45, 7) is 0. The molecule has 0 spiro atoms. The number of hydrogen-bond acceptors (Lipinski definition) is 6. The van der Waals surface area contributed by atoms with Gasteiger partial charge in [-0.3, -0.25) is 19.8 Å². The van der Waals surface area contributed by atoms with E-state index in [1.807, 2.05) is 0 Å². The Morgan fingerprint density at radius 2 is 1.63 bits per heavy atom. The third-order valence-electron chi connectivity index (χ3n) is 4.98. The van der Waals surface area contributed by atoms with Crippen molar-refractivity contribution >= 4 is 70.1 Å². The summed E-state index contributed by atoms with van der Waals surface area (Å²) in [5.41, 5.74) is 1.08. The number of nitrogens with zero attached hydrogens (tertiary/aromatic N) is 1. The molecule has 1 heterocycles. The summed E-state index contributed by atoms with van der Waals surface area (Å²) in [5.74, 6) is -0.968. The molecule has 1 fully saturated rings. The number of halogens is 2. The second-order valence-electron chi connectivity index (χ2n) is 7.24. The fourth-order valence-electron chi connectivity index (χ4n) is 3.24. The predicted molar refractivity (Wildman–Crippen MR) is 137 cm³/mol. The second kappa shape index (κ2) is 10.3. The monoisotopic (exact) mass is 526 g/mol. The van der Waals surface area contributed by atoms with Crippen molar-refractivity contribution < 1.29 is 23.9 Å². The molecule has 3 aromatic carbocycles. The average Bonchev–Trinajstić information content (AvgIpc) is 2.83. The number of nitrogens with one attached hydrogen (secondary N) is 1. The molecule has 10 heteroatoms. The van der Waals surface area contributed by atoms with Crippen LogP contribution < -0.4 is 19.7 Å². The number of carbonyl (C=O) groups is 3. The highest BCUT2D eigenvalue weighted by Crippen LogP contribution is 2.26. The van der Waals surface area contributed by atoms with Crippen LogP contribution >= 0.6 is 35.4 Å². The first kappa shape index (κ1) is 24.4. The SMILES string of the molecule is COc1ccc(N2C(=O)/C(=C\c3ccc(OC(=O)c4ccc(Cl)cc4Cl)cc3)C(=O)NC2=S)cc1. The molecule has 0 aromatic heterocycles. The minimum absolute atomic E-state index is 0.0227. The first-order valence-corrected chi connectivity index (χ1v) is 11.3. The molecule has 2 amide bonds. The van der Waals surface area contributed by atoms with Crippen molar-refractivity contribution in [3.05, 3.63) is 93.5 Å². The standard InChI is InChI=1S/C25H16Cl2N2O5S/c1-33-17-9-5-16(6-10-17)29-23(31)20(22(30)28-25(29)35)12-14-2-7-18(8-3-14)34-24(32)19-11-4-15(26)13-21(19)27/h2-13H,1H3,(H,28,30,35)/b20-12-. The molecular formula is C25H16Cl2N2O5S. The molecule has 7 nitrogen and oxygen atoms in total. The van der Waals surface area contributed by atoms with Crippen LogP contribution in [0.3, 0.4) is 0 Å². The fourth-order valence-corrected chi connectivity index (χ4v) is 4.01. The maximum atomic E-state index is 13.1. The number of rotatable bonds is 5. The van der Waals surface area contributed by atoms with Crippen LogP contribution in [0, 0.1) is 0 Å². The second-order valence-corrected chi connectivity index (χ2v) is 8.47. The minimum atomic E-state index is -0.650. The lowest BCUT2D eigenvalue weighted by molar-refractivity contribution is -0.122. The number of methoxy groups -OCH3 is 1.